The third-order valence-electron chi connectivity index (χ3n) is 5.69. The van der Waals surface area contributed by atoms with Crippen molar-refractivity contribution >= 4 is 37.2 Å². The van der Waals surface area contributed by atoms with Crippen LogP contribution < -0.4 is 10.6 Å². The number of hydrogen-bond acceptors (Lipinski definition) is 6. The average Bonchev–Trinajstić information content (AvgIpc) is 3.16. The fourth-order valence-corrected chi connectivity index (χ4v) is 4.57. The third-order valence-corrected chi connectivity index (χ3v) is 7.39. The minimum atomic E-state index is -1.13. The van der Waals surface area contributed by atoms with Crippen molar-refractivity contribution in [2.75, 3.05) is 25.0 Å². The lowest BCUT2D eigenvalue weighted by molar-refractivity contribution is 0.0102. The Balaban J connectivity index is 1.51. The van der Waals surface area contributed by atoms with Gasteiger partial charge >= 0.3 is 12.1 Å². The van der Waals surface area contributed by atoms with Gasteiger partial charge in [-0.3, -0.25) is 5.32 Å². The van der Waals surface area contributed by atoms with Crippen LogP contribution in [-0.2, 0) is 16.2 Å². The maximum Gasteiger partial charge on any atom is 0.410 e. The van der Waals surface area contributed by atoms with Crippen LogP contribution in [0.1, 0.15) is 40.0 Å². The Morgan fingerprint density at radius 3 is 2.71 bits per heavy atom. The van der Waals surface area contributed by atoms with Crippen molar-refractivity contribution in [1.29, 1.82) is 0 Å². The summed E-state index contributed by atoms with van der Waals surface area (Å²) in [4.78, 5) is 35.7. The molecule has 3 heterocycles. The topological polar surface area (TPSA) is 111 Å². The van der Waals surface area contributed by atoms with Gasteiger partial charge in [0.25, 0.3) is 0 Å². The predicted molar refractivity (Wildman–Crippen MR) is 139 cm³/mol. The van der Waals surface area contributed by atoms with Gasteiger partial charge in [0.2, 0.25) is 0 Å². The van der Waals surface area contributed by atoms with Crippen LogP contribution in [0.2, 0.25) is 25.7 Å². The summed E-state index contributed by atoms with van der Waals surface area (Å²) in [5, 5.41) is 5.60. The number of carbonyl (C=O) groups excluding carboxylic acids is 2. The molecule has 11 heteroatoms. The van der Waals surface area contributed by atoms with Crippen LogP contribution in [0.15, 0.2) is 18.5 Å². The molecule has 1 fully saturated rings. The molecule has 3 amide bonds. The molecule has 1 aliphatic rings. The van der Waals surface area contributed by atoms with E-state index in [-0.39, 0.29) is 18.2 Å². The van der Waals surface area contributed by atoms with Gasteiger partial charge < -0.3 is 24.3 Å². The highest BCUT2D eigenvalue weighted by atomic mass is 28.3. The summed E-state index contributed by atoms with van der Waals surface area (Å²) in [7, 11) is -1.13. The Morgan fingerprint density at radius 1 is 1.23 bits per heavy atom. The van der Waals surface area contributed by atoms with Crippen LogP contribution in [0.4, 0.5) is 15.4 Å². The number of fused-ring (bicyclic) bond motifs is 1. The summed E-state index contributed by atoms with van der Waals surface area (Å²) in [6.45, 7) is 14.6. The molecule has 194 valence electrons. The number of ether oxygens (including phenoxy) is 2. The summed E-state index contributed by atoms with van der Waals surface area (Å²) in [5.41, 5.74) is 0.833. The monoisotopic (exact) mass is 504 g/mol. The molecular formula is C24H40N6O4Si. The Morgan fingerprint density at radius 2 is 2.00 bits per heavy atom. The van der Waals surface area contributed by atoms with E-state index in [2.05, 4.69) is 40.2 Å². The van der Waals surface area contributed by atoms with Crippen molar-refractivity contribution in [3.05, 3.63) is 18.5 Å². The average molecular weight is 505 g/mol. The lowest BCUT2D eigenvalue weighted by atomic mass is 10.0. The molecule has 35 heavy (non-hydrogen) atoms. The van der Waals surface area contributed by atoms with Crippen molar-refractivity contribution in [3.63, 3.8) is 0 Å². The van der Waals surface area contributed by atoms with Crippen molar-refractivity contribution in [1.82, 2.24) is 24.8 Å². The molecule has 0 radical (unpaired) electrons. The van der Waals surface area contributed by atoms with E-state index < -0.39 is 13.7 Å². The fraction of sp³-hybridized carbons (Fsp3) is 0.667. The minimum Gasteiger partial charge on any atom is -0.444 e. The van der Waals surface area contributed by atoms with E-state index in [1.165, 1.54) is 6.20 Å². The van der Waals surface area contributed by atoms with Crippen LogP contribution in [-0.4, -0.2) is 71.0 Å². The molecule has 1 saturated heterocycles. The lowest BCUT2D eigenvalue weighted by Crippen LogP contribution is -2.51. The van der Waals surface area contributed by atoms with Gasteiger partial charge in [-0.1, -0.05) is 19.6 Å². The number of urea groups is 1. The second-order valence-corrected chi connectivity index (χ2v) is 16.9. The van der Waals surface area contributed by atoms with Gasteiger partial charge in [0.05, 0.1) is 12.2 Å². The molecule has 0 bridgehead atoms. The number of rotatable bonds is 8. The first-order chi connectivity index (χ1) is 16.4. The summed E-state index contributed by atoms with van der Waals surface area (Å²) < 4.78 is 13.2. The largest absolute Gasteiger partial charge is 0.444 e. The van der Waals surface area contributed by atoms with E-state index >= 15 is 0 Å². The van der Waals surface area contributed by atoms with Crippen molar-refractivity contribution in [3.8, 4) is 0 Å². The number of carbonyl (C=O) groups is 2. The zero-order valence-corrected chi connectivity index (χ0v) is 22.9. The highest BCUT2D eigenvalue weighted by Gasteiger charge is 2.30. The lowest BCUT2D eigenvalue weighted by Gasteiger charge is -2.36. The van der Waals surface area contributed by atoms with E-state index in [1.54, 1.807) is 4.90 Å². The highest BCUT2D eigenvalue weighted by Crippen LogP contribution is 2.20. The molecule has 2 N–H and O–H groups in total. The van der Waals surface area contributed by atoms with E-state index in [0.29, 0.717) is 36.8 Å². The van der Waals surface area contributed by atoms with Crippen molar-refractivity contribution in [2.45, 2.75) is 84.1 Å². The molecule has 3 rings (SSSR count). The maximum atomic E-state index is 12.6. The van der Waals surface area contributed by atoms with Gasteiger partial charge in [0, 0.05) is 34.0 Å². The van der Waals surface area contributed by atoms with E-state index in [9.17, 15) is 9.59 Å². The quantitative estimate of drug-likeness (QED) is 0.400. The van der Waals surface area contributed by atoms with Gasteiger partial charge in [0.15, 0.2) is 11.5 Å². The molecule has 1 unspecified atom stereocenters. The van der Waals surface area contributed by atoms with E-state index in [0.717, 1.165) is 31.9 Å². The Bertz CT molecular complexity index is 1010. The van der Waals surface area contributed by atoms with Gasteiger partial charge in [-0.2, -0.15) is 0 Å². The number of aromatic nitrogens is 3. The van der Waals surface area contributed by atoms with Crippen LogP contribution >= 0.6 is 0 Å². The minimum absolute atomic E-state index is 0.104. The van der Waals surface area contributed by atoms with Crippen molar-refractivity contribution < 1.29 is 19.1 Å². The number of anilines is 1. The summed E-state index contributed by atoms with van der Waals surface area (Å²) >= 11 is 0. The Kier molecular flexibility index (Phi) is 8.76. The van der Waals surface area contributed by atoms with Crippen LogP contribution in [0.5, 0.6) is 0 Å². The first-order valence-corrected chi connectivity index (χ1v) is 16.1. The molecule has 10 nitrogen and oxygen atoms in total. The van der Waals surface area contributed by atoms with E-state index in [1.807, 2.05) is 37.6 Å². The Labute approximate surface area is 208 Å². The van der Waals surface area contributed by atoms with Crippen LogP contribution in [0, 0.1) is 0 Å². The molecule has 0 aromatic carbocycles. The molecule has 1 atom stereocenters. The number of likely N-dealkylation sites (tertiary alicyclic amines) is 1. The standard InChI is InChI=1S/C24H40N6O4Si/c1-24(2,3)34-23(32)30-11-8-7-9-18(30)15-26-22(31)28-20-16-25-21-19(27-20)10-12-29(21)17-33-13-14-35(4,5)6/h10,12,16,18H,7-9,11,13-15,17H2,1-6H3,(H2,26,27,28,31). The van der Waals surface area contributed by atoms with Gasteiger partial charge in [-0.05, 0) is 52.1 Å². The number of hydrogen-bond donors (Lipinski definition) is 2. The van der Waals surface area contributed by atoms with Gasteiger partial charge in [-0.25, -0.2) is 19.6 Å². The number of nitrogens with one attached hydrogen (secondary N) is 2. The predicted octanol–water partition coefficient (Wildman–Crippen LogP) is 4.65. The zero-order valence-electron chi connectivity index (χ0n) is 21.9. The summed E-state index contributed by atoms with van der Waals surface area (Å²) in [6.07, 6.45) is 5.84. The maximum absolute atomic E-state index is 12.6. The molecule has 0 aliphatic carbocycles. The smallest absolute Gasteiger partial charge is 0.410 e. The SMILES string of the molecule is CC(C)(C)OC(=O)N1CCCCC1CNC(=O)Nc1cnc2c(ccn2COCC[Si](C)(C)C)n1. The Hall–Kier alpha value is -2.66. The van der Waals surface area contributed by atoms with Crippen LogP contribution in [0.25, 0.3) is 11.2 Å². The molecule has 2 aromatic rings. The summed E-state index contributed by atoms with van der Waals surface area (Å²) in [6, 6.07) is 2.47. The molecular weight excluding hydrogens is 464 g/mol. The molecule has 2 aromatic heterocycles. The first-order valence-electron chi connectivity index (χ1n) is 12.4. The summed E-state index contributed by atoms with van der Waals surface area (Å²) in [5.74, 6) is 0.361. The second-order valence-electron chi connectivity index (χ2n) is 11.3. The zero-order chi connectivity index (χ0) is 25.6. The highest BCUT2D eigenvalue weighted by molar-refractivity contribution is 6.76. The number of amides is 3. The second kappa shape index (κ2) is 11.4. The number of piperidine rings is 1. The molecule has 1 aliphatic heterocycles. The van der Waals surface area contributed by atoms with Crippen LogP contribution in [0.3, 0.4) is 0 Å². The van der Waals surface area contributed by atoms with E-state index in [4.69, 9.17) is 9.47 Å². The fourth-order valence-electron chi connectivity index (χ4n) is 3.81. The molecule has 0 spiro atoms. The number of nitrogens with zero attached hydrogens (tertiary/aromatic N) is 4. The molecule has 0 saturated carbocycles. The van der Waals surface area contributed by atoms with Gasteiger partial charge in [0.1, 0.15) is 17.8 Å². The van der Waals surface area contributed by atoms with Crippen molar-refractivity contribution in [2.24, 2.45) is 0 Å². The normalized spacial score (nSPS) is 16.9. The first kappa shape index (κ1) is 26.9. The van der Waals surface area contributed by atoms with Gasteiger partial charge in [-0.15, -0.1) is 0 Å². The third kappa shape index (κ3) is 8.50.